The standard InChI is InChI=1S/C13H27N3O/c1-12(2,17-4)5-8-16-9-6-13(3,7-10-16)11(14)15/h5-10H2,1-4H3,(H3,14,15). The van der Waals surface area contributed by atoms with Gasteiger partial charge in [0.25, 0.3) is 0 Å². The molecule has 1 fully saturated rings. The van der Waals surface area contributed by atoms with E-state index in [-0.39, 0.29) is 11.0 Å². The van der Waals surface area contributed by atoms with Crippen LogP contribution in [0.4, 0.5) is 0 Å². The van der Waals surface area contributed by atoms with Gasteiger partial charge in [0.1, 0.15) is 0 Å². The van der Waals surface area contributed by atoms with Crippen molar-refractivity contribution in [3.05, 3.63) is 0 Å². The Kier molecular flexibility index (Phi) is 4.55. The summed E-state index contributed by atoms with van der Waals surface area (Å²) in [5, 5.41) is 7.62. The van der Waals surface area contributed by atoms with Crippen LogP contribution in [0, 0.1) is 10.8 Å². The van der Waals surface area contributed by atoms with E-state index in [4.69, 9.17) is 15.9 Å². The zero-order valence-corrected chi connectivity index (χ0v) is 11.7. The molecule has 0 bridgehead atoms. The summed E-state index contributed by atoms with van der Waals surface area (Å²) in [6, 6.07) is 0. The smallest absolute Gasteiger partial charge is 0.0966 e. The van der Waals surface area contributed by atoms with Gasteiger partial charge in [0.05, 0.1) is 11.4 Å². The maximum Gasteiger partial charge on any atom is 0.0966 e. The van der Waals surface area contributed by atoms with Crippen LogP contribution in [0.25, 0.3) is 0 Å². The van der Waals surface area contributed by atoms with Crippen molar-refractivity contribution in [2.45, 2.75) is 45.6 Å². The average molecular weight is 241 g/mol. The topological polar surface area (TPSA) is 62.3 Å². The number of piperidine rings is 1. The van der Waals surface area contributed by atoms with Gasteiger partial charge in [-0.05, 0) is 46.2 Å². The van der Waals surface area contributed by atoms with Crippen LogP contribution in [0.5, 0.6) is 0 Å². The fourth-order valence-corrected chi connectivity index (χ4v) is 2.07. The maximum absolute atomic E-state index is 7.62. The molecule has 4 heteroatoms. The molecule has 1 aliphatic heterocycles. The molecule has 1 aliphatic rings. The molecular weight excluding hydrogens is 214 g/mol. The fourth-order valence-electron chi connectivity index (χ4n) is 2.07. The lowest BCUT2D eigenvalue weighted by atomic mass is 9.79. The monoisotopic (exact) mass is 241 g/mol. The van der Waals surface area contributed by atoms with Gasteiger partial charge in [-0.15, -0.1) is 0 Å². The maximum atomic E-state index is 7.62. The first kappa shape index (κ1) is 14.5. The fraction of sp³-hybridized carbons (Fsp3) is 0.923. The molecule has 0 spiro atoms. The van der Waals surface area contributed by atoms with E-state index in [1.54, 1.807) is 7.11 Å². The van der Waals surface area contributed by atoms with Gasteiger partial charge in [0, 0.05) is 19.1 Å². The van der Waals surface area contributed by atoms with E-state index in [0.717, 1.165) is 38.9 Å². The number of nitrogens with one attached hydrogen (secondary N) is 1. The summed E-state index contributed by atoms with van der Waals surface area (Å²) in [4.78, 5) is 2.45. The minimum atomic E-state index is -0.0761. The van der Waals surface area contributed by atoms with Gasteiger partial charge < -0.3 is 15.4 Å². The molecular formula is C13H27N3O. The lowest BCUT2D eigenvalue weighted by molar-refractivity contribution is 0.00410. The van der Waals surface area contributed by atoms with Crippen LogP contribution >= 0.6 is 0 Å². The molecule has 1 heterocycles. The first-order chi connectivity index (χ1) is 7.79. The normalized spacial score (nSPS) is 21.4. The summed E-state index contributed by atoms with van der Waals surface area (Å²) in [5.41, 5.74) is 5.54. The summed E-state index contributed by atoms with van der Waals surface area (Å²) in [7, 11) is 1.77. The third-order valence-electron chi connectivity index (χ3n) is 4.19. The van der Waals surface area contributed by atoms with Gasteiger partial charge in [0.15, 0.2) is 0 Å². The Morgan fingerprint density at radius 3 is 2.35 bits per heavy atom. The van der Waals surface area contributed by atoms with Crippen LogP contribution in [0.1, 0.15) is 40.0 Å². The largest absolute Gasteiger partial charge is 0.387 e. The van der Waals surface area contributed by atoms with Crippen LogP contribution in [0.15, 0.2) is 0 Å². The highest BCUT2D eigenvalue weighted by atomic mass is 16.5. The molecule has 1 rings (SSSR count). The van der Waals surface area contributed by atoms with Crippen molar-refractivity contribution in [3.8, 4) is 0 Å². The number of nitrogens with zero attached hydrogens (tertiary/aromatic N) is 1. The van der Waals surface area contributed by atoms with Crippen LogP contribution < -0.4 is 5.73 Å². The molecule has 0 aromatic carbocycles. The van der Waals surface area contributed by atoms with Crippen LogP contribution in [-0.2, 0) is 4.74 Å². The second kappa shape index (κ2) is 5.36. The van der Waals surface area contributed by atoms with E-state index >= 15 is 0 Å². The molecule has 0 atom stereocenters. The van der Waals surface area contributed by atoms with E-state index in [1.807, 2.05) is 0 Å². The summed E-state index contributed by atoms with van der Waals surface area (Å²) >= 11 is 0. The Hall–Kier alpha value is -0.610. The predicted molar refractivity (Wildman–Crippen MR) is 71.4 cm³/mol. The van der Waals surface area contributed by atoms with Crippen LogP contribution in [0.3, 0.4) is 0 Å². The summed E-state index contributed by atoms with van der Waals surface area (Å²) in [6.07, 6.45) is 3.03. The molecule has 0 unspecified atom stereocenters. The highest BCUT2D eigenvalue weighted by molar-refractivity contribution is 5.83. The van der Waals surface area contributed by atoms with Crippen molar-refractivity contribution >= 4 is 5.84 Å². The Bertz CT molecular complexity index is 268. The summed E-state index contributed by atoms with van der Waals surface area (Å²) < 4.78 is 5.43. The van der Waals surface area contributed by atoms with E-state index in [0.29, 0.717) is 5.84 Å². The van der Waals surface area contributed by atoms with Crippen molar-refractivity contribution in [2.24, 2.45) is 11.1 Å². The van der Waals surface area contributed by atoms with Crippen molar-refractivity contribution in [2.75, 3.05) is 26.7 Å². The summed E-state index contributed by atoms with van der Waals surface area (Å²) in [5.74, 6) is 0.342. The number of ether oxygens (including phenoxy) is 1. The molecule has 1 saturated heterocycles. The minimum absolute atomic E-state index is 0.0404. The van der Waals surface area contributed by atoms with Gasteiger partial charge in [-0.2, -0.15) is 0 Å². The van der Waals surface area contributed by atoms with Gasteiger partial charge in [-0.1, -0.05) is 6.92 Å². The van der Waals surface area contributed by atoms with Gasteiger partial charge in [-0.25, -0.2) is 0 Å². The quantitative estimate of drug-likeness (QED) is 0.570. The molecule has 17 heavy (non-hydrogen) atoms. The number of hydrogen-bond acceptors (Lipinski definition) is 3. The Labute approximate surface area is 105 Å². The molecule has 0 aliphatic carbocycles. The number of amidine groups is 1. The number of rotatable bonds is 5. The van der Waals surface area contributed by atoms with E-state index in [1.165, 1.54) is 0 Å². The van der Waals surface area contributed by atoms with Crippen molar-refractivity contribution < 1.29 is 4.74 Å². The first-order valence-corrected chi connectivity index (χ1v) is 6.41. The molecule has 0 amide bonds. The molecule has 100 valence electrons. The van der Waals surface area contributed by atoms with E-state index < -0.39 is 0 Å². The van der Waals surface area contributed by atoms with Crippen molar-refractivity contribution in [1.29, 1.82) is 5.41 Å². The SMILES string of the molecule is COC(C)(C)CCN1CCC(C)(C(=N)N)CC1. The Balaban J connectivity index is 2.36. The van der Waals surface area contributed by atoms with Gasteiger partial charge >= 0.3 is 0 Å². The third-order valence-corrected chi connectivity index (χ3v) is 4.19. The van der Waals surface area contributed by atoms with Gasteiger partial charge in [-0.3, -0.25) is 5.41 Å². The third kappa shape index (κ3) is 3.96. The van der Waals surface area contributed by atoms with Crippen LogP contribution in [-0.4, -0.2) is 43.1 Å². The number of methoxy groups -OCH3 is 1. The Morgan fingerprint density at radius 1 is 1.41 bits per heavy atom. The van der Waals surface area contributed by atoms with E-state index in [9.17, 15) is 0 Å². The zero-order valence-electron chi connectivity index (χ0n) is 11.7. The molecule has 0 aromatic rings. The zero-order chi connectivity index (χ0) is 13.1. The minimum Gasteiger partial charge on any atom is -0.387 e. The number of nitrogens with two attached hydrogens (primary N) is 1. The van der Waals surface area contributed by atoms with E-state index in [2.05, 4.69) is 25.7 Å². The second-order valence-corrected chi connectivity index (χ2v) is 6.03. The van der Waals surface area contributed by atoms with Crippen molar-refractivity contribution in [1.82, 2.24) is 4.90 Å². The van der Waals surface area contributed by atoms with Gasteiger partial charge in [0.2, 0.25) is 0 Å². The predicted octanol–water partition coefficient (Wildman–Crippen LogP) is 1.84. The lowest BCUT2D eigenvalue weighted by Crippen LogP contribution is -2.46. The van der Waals surface area contributed by atoms with Crippen molar-refractivity contribution in [3.63, 3.8) is 0 Å². The molecule has 3 N–H and O–H groups in total. The van der Waals surface area contributed by atoms with Crippen LogP contribution in [0.2, 0.25) is 0 Å². The molecule has 0 radical (unpaired) electrons. The number of hydrogen-bond donors (Lipinski definition) is 2. The average Bonchev–Trinajstić information content (AvgIpc) is 2.28. The first-order valence-electron chi connectivity index (χ1n) is 6.41. The molecule has 4 nitrogen and oxygen atoms in total. The lowest BCUT2D eigenvalue weighted by Gasteiger charge is -2.39. The molecule has 0 aromatic heterocycles. The molecule has 0 saturated carbocycles. The summed E-state index contributed by atoms with van der Waals surface area (Å²) in [6.45, 7) is 9.49. The highest BCUT2D eigenvalue weighted by Gasteiger charge is 2.33. The number of likely N-dealkylation sites (tertiary alicyclic amines) is 1. The Morgan fingerprint density at radius 2 is 1.94 bits per heavy atom. The highest BCUT2D eigenvalue weighted by Crippen LogP contribution is 2.30. The second-order valence-electron chi connectivity index (χ2n) is 6.03.